The van der Waals surface area contributed by atoms with Crippen molar-refractivity contribution in [3.8, 4) is 5.75 Å². The summed E-state index contributed by atoms with van der Waals surface area (Å²) in [7, 11) is 0. The highest BCUT2D eigenvalue weighted by molar-refractivity contribution is 5.76. The lowest BCUT2D eigenvalue weighted by molar-refractivity contribution is -0.110. The Morgan fingerprint density at radius 3 is 2.76 bits per heavy atom. The second-order valence-electron chi connectivity index (χ2n) is 6.21. The fourth-order valence-corrected chi connectivity index (χ4v) is 2.89. The molecule has 1 amide bonds. The first-order valence-electron chi connectivity index (χ1n) is 8.45. The predicted octanol–water partition coefficient (Wildman–Crippen LogP) is 3.54. The smallest absolute Gasteiger partial charge is 0.207 e. The van der Waals surface area contributed by atoms with Crippen molar-refractivity contribution in [3.05, 3.63) is 59.4 Å². The number of aromatic nitrogens is 2. The van der Waals surface area contributed by atoms with Gasteiger partial charge in [-0.1, -0.05) is 18.2 Å². The number of hydrogen-bond acceptors (Lipinski definition) is 3. The highest BCUT2D eigenvalue weighted by atomic mass is 16.5. The van der Waals surface area contributed by atoms with E-state index in [-0.39, 0.29) is 6.04 Å². The fraction of sp³-hybridized carbons (Fsp3) is 0.300. The van der Waals surface area contributed by atoms with Crippen LogP contribution >= 0.6 is 0 Å². The Morgan fingerprint density at radius 2 is 2.00 bits per heavy atom. The van der Waals surface area contributed by atoms with Gasteiger partial charge >= 0.3 is 0 Å². The maximum absolute atomic E-state index is 10.8. The Labute approximate surface area is 147 Å². The Balaban J connectivity index is 1.80. The van der Waals surface area contributed by atoms with Crippen LogP contribution in [0.3, 0.4) is 0 Å². The Morgan fingerprint density at radius 1 is 1.20 bits per heavy atom. The Bertz CT molecular complexity index is 886. The molecule has 0 saturated carbocycles. The van der Waals surface area contributed by atoms with E-state index >= 15 is 0 Å². The third kappa shape index (κ3) is 3.65. The van der Waals surface area contributed by atoms with E-state index in [2.05, 4.69) is 40.8 Å². The van der Waals surface area contributed by atoms with Crippen LogP contribution in [0.1, 0.15) is 29.9 Å². The largest absolute Gasteiger partial charge is 0.492 e. The van der Waals surface area contributed by atoms with Crippen LogP contribution < -0.4 is 10.1 Å². The lowest BCUT2D eigenvalue weighted by Gasteiger charge is -2.15. The maximum atomic E-state index is 10.8. The summed E-state index contributed by atoms with van der Waals surface area (Å²) in [6.07, 6.45) is 0.708. The summed E-state index contributed by atoms with van der Waals surface area (Å²) in [5.41, 5.74) is 4.43. The molecular weight excluding hydrogens is 314 g/mol. The van der Waals surface area contributed by atoms with Crippen LogP contribution in [0.25, 0.3) is 11.0 Å². The third-order valence-corrected chi connectivity index (χ3v) is 4.45. The highest BCUT2D eigenvalue weighted by Crippen LogP contribution is 2.21. The van der Waals surface area contributed by atoms with Gasteiger partial charge in [0.15, 0.2) is 0 Å². The van der Waals surface area contributed by atoms with Crippen LogP contribution in [0, 0.1) is 13.8 Å². The number of rotatable bonds is 7. The number of aryl methyl sites for hydroxylation is 2. The molecule has 1 heterocycles. The molecule has 3 aromatic rings. The number of benzene rings is 2. The van der Waals surface area contributed by atoms with Crippen molar-refractivity contribution in [2.45, 2.75) is 33.4 Å². The highest BCUT2D eigenvalue weighted by Gasteiger charge is 2.15. The number of imidazole rings is 1. The summed E-state index contributed by atoms with van der Waals surface area (Å²) in [6.45, 7) is 7.29. The van der Waals surface area contributed by atoms with Gasteiger partial charge in [-0.2, -0.15) is 0 Å². The first kappa shape index (κ1) is 17.0. The van der Waals surface area contributed by atoms with Gasteiger partial charge < -0.3 is 14.6 Å². The summed E-state index contributed by atoms with van der Waals surface area (Å²) in [5.74, 6) is 1.70. The lowest BCUT2D eigenvalue weighted by atomic mass is 10.1. The average molecular weight is 337 g/mol. The standard InChI is InChI=1S/C20H23N3O2/c1-14-8-9-17(12-15(14)2)25-11-10-23-19-7-5-4-6-18(19)22-20(23)16(3)21-13-24/h4-9,12-13,16H,10-11H2,1-3H3,(H,21,24). The summed E-state index contributed by atoms with van der Waals surface area (Å²) in [4.78, 5) is 15.5. The second kappa shape index (κ2) is 7.38. The number of carbonyl (C=O) groups is 1. The molecule has 1 aromatic heterocycles. The van der Waals surface area contributed by atoms with Crippen LogP contribution in [-0.4, -0.2) is 22.6 Å². The van der Waals surface area contributed by atoms with Crippen molar-refractivity contribution in [1.29, 1.82) is 0 Å². The van der Waals surface area contributed by atoms with Gasteiger partial charge in [-0.15, -0.1) is 0 Å². The predicted molar refractivity (Wildman–Crippen MR) is 98.8 cm³/mol. The number of carbonyl (C=O) groups excluding carboxylic acids is 1. The van der Waals surface area contributed by atoms with Gasteiger partial charge in [-0.05, 0) is 56.2 Å². The molecule has 5 heteroatoms. The molecule has 0 spiro atoms. The minimum Gasteiger partial charge on any atom is -0.492 e. The van der Waals surface area contributed by atoms with E-state index in [1.807, 2.05) is 37.3 Å². The quantitative estimate of drug-likeness (QED) is 0.671. The van der Waals surface area contributed by atoms with Crippen LogP contribution in [0.4, 0.5) is 0 Å². The van der Waals surface area contributed by atoms with E-state index in [0.29, 0.717) is 19.6 Å². The fourth-order valence-electron chi connectivity index (χ4n) is 2.89. The van der Waals surface area contributed by atoms with Gasteiger partial charge in [-0.3, -0.25) is 4.79 Å². The van der Waals surface area contributed by atoms with Crippen molar-refractivity contribution in [1.82, 2.24) is 14.9 Å². The van der Waals surface area contributed by atoms with Crippen LogP contribution in [0.2, 0.25) is 0 Å². The summed E-state index contributed by atoms with van der Waals surface area (Å²) < 4.78 is 8.03. The van der Waals surface area contributed by atoms with Crippen molar-refractivity contribution in [2.75, 3.05) is 6.61 Å². The molecule has 0 bridgehead atoms. The lowest BCUT2D eigenvalue weighted by Crippen LogP contribution is -2.22. The number of ether oxygens (including phenoxy) is 1. The molecule has 1 unspecified atom stereocenters. The minimum absolute atomic E-state index is 0.161. The van der Waals surface area contributed by atoms with Crippen molar-refractivity contribution >= 4 is 17.4 Å². The van der Waals surface area contributed by atoms with Gasteiger partial charge in [-0.25, -0.2) is 4.98 Å². The molecule has 1 atom stereocenters. The molecule has 1 N–H and O–H groups in total. The summed E-state index contributed by atoms with van der Waals surface area (Å²) in [5, 5.41) is 2.78. The zero-order chi connectivity index (χ0) is 17.8. The number of amides is 1. The number of nitrogens with zero attached hydrogens (tertiary/aromatic N) is 2. The second-order valence-corrected chi connectivity index (χ2v) is 6.21. The molecule has 0 radical (unpaired) electrons. The molecule has 0 aliphatic rings. The van der Waals surface area contributed by atoms with Crippen LogP contribution in [0.15, 0.2) is 42.5 Å². The van der Waals surface area contributed by atoms with E-state index in [4.69, 9.17) is 4.74 Å². The molecular formula is C20H23N3O2. The van der Waals surface area contributed by atoms with Gasteiger partial charge in [0.2, 0.25) is 6.41 Å². The van der Waals surface area contributed by atoms with E-state index < -0.39 is 0 Å². The number of hydrogen-bond donors (Lipinski definition) is 1. The van der Waals surface area contributed by atoms with Crippen molar-refractivity contribution < 1.29 is 9.53 Å². The molecule has 130 valence electrons. The molecule has 0 fully saturated rings. The zero-order valence-corrected chi connectivity index (χ0v) is 14.8. The van der Waals surface area contributed by atoms with Gasteiger partial charge in [0.25, 0.3) is 0 Å². The minimum atomic E-state index is -0.161. The Hall–Kier alpha value is -2.82. The van der Waals surface area contributed by atoms with Gasteiger partial charge in [0.1, 0.15) is 18.2 Å². The van der Waals surface area contributed by atoms with E-state index in [9.17, 15) is 4.79 Å². The molecule has 2 aromatic carbocycles. The molecule has 3 rings (SSSR count). The normalized spacial score (nSPS) is 12.1. The first-order valence-corrected chi connectivity index (χ1v) is 8.45. The van der Waals surface area contributed by atoms with Crippen molar-refractivity contribution in [2.24, 2.45) is 0 Å². The van der Waals surface area contributed by atoms with Crippen molar-refractivity contribution in [3.63, 3.8) is 0 Å². The molecule has 0 aliphatic heterocycles. The Kier molecular flexibility index (Phi) is 5.03. The molecule has 0 saturated heterocycles. The first-order chi connectivity index (χ1) is 12.1. The van der Waals surface area contributed by atoms with E-state index in [1.165, 1.54) is 11.1 Å². The molecule has 0 aliphatic carbocycles. The maximum Gasteiger partial charge on any atom is 0.207 e. The average Bonchev–Trinajstić information content (AvgIpc) is 2.97. The summed E-state index contributed by atoms with van der Waals surface area (Å²) >= 11 is 0. The number of nitrogens with one attached hydrogen (secondary N) is 1. The molecule has 25 heavy (non-hydrogen) atoms. The summed E-state index contributed by atoms with van der Waals surface area (Å²) in [6, 6.07) is 13.9. The van der Waals surface area contributed by atoms with Crippen LogP contribution in [-0.2, 0) is 11.3 Å². The van der Waals surface area contributed by atoms with Crippen LogP contribution in [0.5, 0.6) is 5.75 Å². The SMILES string of the molecule is Cc1ccc(OCCn2c(C(C)NC=O)nc3ccccc32)cc1C. The van der Waals surface area contributed by atoms with E-state index in [1.54, 1.807) is 0 Å². The molecule has 5 nitrogen and oxygen atoms in total. The number of para-hydroxylation sites is 2. The van der Waals surface area contributed by atoms with Gasteiger partial charge in [0.05, 0.1) is 23.6 Å². The topological polar surface area (TPSA) is 56.1 Å². The van der Waals surface area contributed by atoms with Gasteiger partial charge in [0, 0.05) is 0 Å². The van der Waals surface area contributed by atoms with E-state index in [0.717, 1.165) is 22.6 Å². The monoisotopic (exact) mass is 337 g/mol. The number of fused-ring (bicyclic) bond motifs is 1. The third-order valence-electron chi connectivity index (χ3n) is 4.45. The zero-order valence-electron chi connectivity index (χ0n) is 14.8.